The molecule has 0 bridgehead atoms. The molecule has 0 amide bonds. The Balaban J connectivity index is 2.05. The second-order valence-corrected chi connectivity index (χ2v) is 5.61. The van der Waals surface area contributed by atoms with Crippen LogP contribution in [0.1, 0.15) is 24.6 Å². The van der Waals surface area contributed by atoms with Gasteiger partial charge in [0.05, 0.1) is 6.61 Å². The van der Waals surface area contributed by atoms with Crippen molar-refractivity contribution in [3.63, 3.8) is 0 Å². The molecular weight excluding hydrogens is 319 g/mol. The molecule has 0 saturated heterocycles. The van der Waals surface area contributed by atoms with E-state index in [4.69, 9.17) is 4.74 Å². The van der Waals surface area contributed by atoms with Gasteiger partial charge in [0.2, 0.25) is 0 Å². The molecule has 0 aliphatic rings. The van der Waals surface area contributed by atoms with E-state index < -0.39 is 0 Å². The number of hydrogen-bond donors (Lipinski definition) is 1. The molecule has 1 heterocycles. The highest BCUT2D eigenvalue weighted by atomic mass is 19.1. The summed E-state index contributed by atoms with van der Waals surface area (Å²) < 4.78 is 18.8. The van der Waals surface area contributed by atoms with Gasteiger partial charge in [-0.15, -0.1) is 5.10 Å². The SMILES string of the molecule is CCCOCc1cc(-c2ccc(F)cc2)cc(-c2n[nH]nc2C#N)c1. The molecule has 1 aromatic heterocycles. The van der Waals surface area contributed by atoms with Crippen LogP contribution in [0.3, 0.4) is 0 Å². The van der Waals surface area contributed by atoms with Crippen LogP contribution in [0.5, 0.6) is 0 Å². The number of ether oxygens (including phenoxy) is 1. The third-order valence-corrected chi connectivity index (χ3v) is 3.71. The van der Waals surface area contributed by atoms with Gasteiger partial charge in [-0.25, -0.2) is 4.39 Å². The first-order valence-electron chi connectivity index (χ1n) is 8.00. The Bertz CT molecular complexity index is 897. The standard InChI is InChI=1S/C19H17FN4O/c1-2-7-25-12-13-8-15(14-3-5-17(20)6-4-14)10-16(9-13)19-18(11-21)22-24-23-19/h3-6,8-10H,2,7,12H2,1H3,(H,22,23,24). The lowest BCUT2D eigenvalue weighted by Crippen LogP contribution is -1.96. The zero-order chi connectivity index (χ0) is 17.6. The van der Waals surface area contributed by atoms with E-state index in [0.717, 1.165) is 28.7 Å². The highest BCUT2D eigenvalue weighted by Gasteiger charge is 2.13. The van der Waals surface area contributed by atoms with Crippen LogP contribution in [0.4, 0.5) is 4.39 Å². The summed E-state index contributed by atoms with van der Waals surface area (Å²) >= 11 is 0. The number of nitrogens with zero attached hydrogens (tertiary/aromatic N) is 3. The van der Waals surface area contributed by atoms with Crippen molar-refractivity contribution in [1.29, 1.82) is 5.26 Å². The molecule has 6 heteroatoms. The summed E-state index contributed by atoms with van der Waals surface area (Å²) in [5, 5.41) is 19.6. The third kappa shape index (κ3) is 3.90. The second kappa shape index (κ2) is 7.69. The molecule has 0 fully saturated rings. The smallest absolute Gasteiger partial charge is 0.190 e. The first-order chi connectivity index (χ1) is 12.2. The van der Waals surface area contributed by atoms with E-state index in [9.17, 15) is 9.65 Å². The number of aromatic amines is 1. The van der Waals surface area contributed by atoms with E-state index in [1.165, 1.54) is 12.1 Å². The second-order valence-electron chi connectivity index (χ2n) is 5.61. The highest BCUT2D eigenvalue weighted by Crippen LogP contribution is 2.29. The summed E-state index contributed by atoms with van der Waals surface area (Å²) in [4.78, 5) is 0. The van der Waals surface area contributed by atoms with E-state index in [1.54, 1.807) is 12.1 Å². The number of hydrogen-bond acceptors (Lipinski definition) is 4. The number of H-pyrrole nitrogens is 1. The first kappa shape index (κ1) is 16.8. The van der Waals surface area contributed by atoms with Gasteiger partial charge in [0.1, 0.15) is 17.6 Å². The molecule has 2 aromatic carbocycles. The Morgan fingerprint density at radius 3 is 2.56 bits per heavy atom. The van der Waals surface area contributed by atoms with Crippen LogP contribution in [-0.2, 0) is 11.3 Å². The molecule has 3 rings (SSSR count). The summed E-state index contributed by atoms with van der Waals surface area (Å²) in [6.45, 7) is 3.17. The molecule has 3 aromatic rings. The Labute approximate surface area is 145 Å². The lowest BCUT2D eigenvalue weighted by atomic mass is 9.98. The molecule has 0 radical (unpaired) electrons. The van der Waals surface area contributed by atoms with Gasteiger partial charge < -0.3 is 4.74 Å². The number of nitriles is 1. The Hall–Kier alpha value is -3.04. The van der Waals surface area contributed by atoms with Crippen LogP contribution in [0.15, 0.2) is 42.5 Å². The summed E-state index contributed by atoms with van der Waals surface area (Å²) in [7, 11) is 0. The van der Waals surface area contributed by atoms with E-state index in [0.29, 0.717) is 18.9 Å². The molecule has 0 atom stereocenters. The van der Waals surface area contributed by atoms with Gasteiger partial charge in [-0.1, -0.05) is 19.1 Å². The zero-order valence-electron chi connectivity index (χ0n) is 13.8. The molecule has 0 aliphatic carbocycles. The zero-order valence-corrected chi connectivity index (χ0v) is 13.8. The molecule has 5 nitrogen and oxygen atoms in total. The number of halogens is 1. The predicted molar refractivity (Wildman–Crippen MR) is 91.9 cm³/mol. The molecule has 0 spiro atoms. The van der Waals surface area contributed by atoms with Crippen molar-refractivity contribution in [2.24, 2.45) is 0 Å². The molecule has 0 unspecified atom stereocenters. The lowest BCUT2D eigenvalue weighted by Gasteiger charge is -2.10. The first-order valence-corrected chi connectivity index (χ1v) is 8.00. The Kier molecular flexibility index (Phi) is 5.17. The lowest BCUT2D eigenvalue weighted by molar-refractivity contribution is 0.121. The molecule has 0 saturated carbocycles. The Morgan fingerprint density at radius 2 is 1.84 bits per heavy atom. The Morgan fingerprint density at radius 1 is 1.08 bits per heavy atom. The van der Waals surface area contributed by atoms with Crippen LogP contribution in [0.2, 0.25) is 0 Å². The summed E-state index contributed by atoms with van der Waals surface area (Å²) in [6.07, 6.45) is 0.937. The quantitative estimate of drug-likeness (QED) is 0.688. The van der Waals surface area contributed by atoms with Gasteiger partial charge in [-0.2, -0.15) is 15.6 Å². The van der Waals surface area contributed by atoms with Crippen molar-refractivity contribution >= 4 is 0 Å². The van der Waals surface area contributed by atoms with Crippen LogP contribution < -0.4 is 0 Å². The maximum absolute atomic E-state index is 13.2. The molecule has 25 heavy (non-hydrogen) atoms. The normalized spacial score (nSPS) is 10.6. The van der Waals surface area contributed by atoms with Crippen molar-refractivity contribution in [2.75, 3.05) is 6.61 Å². The van der Waals surface area contributed by atoms with Gasteiger partial charge in [0.25, 0.3) is 0 Å². The fourth-order valence-corrected chi connectivity index (χ4v) is 2.57. The molecular formula is C19H17FN4O. The summed E-state index contributed by atoms with van der Waals surface area (Å²) in [5.74, 6) is -0.283. The van der Waals surface area contributed by atoms with Gasteiger partial charge in [0, 0.05) is 12.2 Å². The number of nitrogens with one attached hydrogen (secondary N) is 1. The van der Waals surface area contributed by atoms with Crippen LogP contribution in [0, 0.1) is 17.1 Å². The molecule has 1 N–H and O–H groups in total. The van der Waals surface area contributed by atoms with Crippen molar-refractivity contribution in [3.05, 3.63) is 59.5 Å². The highest BCUT2D eigenvalue weighted by molar-refractivity contribution is 5.74. The number of rotatable bonds is 6. The van der Waals surface area contributed by atoms with Gasteiger partial charge in [-0.3, -0.25) is 0 Å². The summed E-state index contributed by atoms with van der Waals surface area (Å²) in [6, 6.07) is 14.2. The van der Waals surface area contributed by atoms with Crippen molar-refractivity contribution in [1.82, 2.24) is 15.4 Å². The topological polar surface area (TPSA) is 74.6 Å². The van der Waals surface area contributed by atoms with Crippen LogP contribution >= 0.6 is 0 Å². The summed E-state index contributed by atoms with van der Waals surface area (Å²) in [5.41, 5.74) is 4.22. The minimum Gasteiger partial charge on any atom is -0.377 e. The van der Waals surface area contributed by atoms with E-state index in [1.807, 2.05) is 24.3 Å². The largest absolute Gasteiger partial charge is 0.377 e. The molecule has 0 aliphatic heterocycles. The third-order valence-electron chi connectivity index (χ3n) is 3.71. The minimum atomic E-state index is -0.283. The van der Waals surface area contributed by atoms with Crippen LogP contribution in [0.25, 0.3) is 22.4 Å². The fourth-order valence-electron chi connectivity index (χ4n) is 2.57. The molecule has 126 valence electrons. The van der Waals surface area contributed by atoms with Gasteiger partial charge in [0.15, 0.2) is 5.69 Å². The minimum absolute atomic E-state index is 0.233. The van der Waals surface area contributed by atoms with Crippen molar-refractivity contribution in [2.45, 2.75) is 20.0 Å². The maximum atomic E-state index is 13.2. The average Bonchev–Trinajstić information content (AvgIpc) is 3.11. The van der Waals surface area contributed by atoms with E-state index in [2.05, 4.69) is 22.3 Å². The number of aromatic nitrogens is 3. The predicted octanol–water partition coefficient (Wildman–Crippen LogP) is 4.08. The van der Waals surface area contributed by atoms with E-state index >= 15 is 0 Å². The maximum Gasteiger partial charge on any atom is 0.190 e. The van der Waals surface area contributed by atoms with E-state index in [-0.39, 0.29) is 11.5 Å². The van der Waals surface area contributed by atoms with Gasteiger partial charge in [-0.05, 0) is 53.4 Å². The average molecular weight is 336 g/mol. The van der Waals surface area contributed by atoms with Crippen LogP contribution in [-0.4, -0.2) is 22.0 Å². The number of benzene rings is 2. The monoisotopic (exact) mass is 336 g/mol. The fraction of sp³-hybridized carbons (Fsp3) is 0.211. The van der Waals surface area contributed by atoms with Gasteiger partial charge >= 0.3 is 0 Å². The van der Waals surface area contributed by atoms with Crippen molar-refractivity contribution in [3.8, 4) is 28.5 Å². The van der Waals surface area contributed by atoms with Crippen molar-refractivity contribution < 1.29 is 9.13 Å².